The first kappa shape index (κ1) is 14.5. The third kappa shape index (κ3) is 3.17. The number of para-hydroxylation sites is 1. The van der Waals surface area contributed by atoms with Crippen molar-refractivity contribution in [2.24, 2.45) is 0 Å². The summed E-state index contributed by atoms with van der Waals surface area (Å²) in [6.45, 7) is 3.76. The molecule has 4 heteroatoms. The van der Waals surface area contributed by atoms with E-state index in [0.717, 1.165) is 6.07 Å². The molecule has 0 spiro atoms. The zero-order valence-electron chi connectivity index (χ0n) is 11.2. The molecule has 0 N–H and O–H groups in total. The van der Waals surface area contributed by atoms with Crippen LogP contribution in [0.25, 0.3) is 0 Å². The molecule has 2 aromatic carbocycles. The van der Waals surface area contributed by atoms with Crippen molar-refractivity contribution >= 4 is 17.4 Å². The second-order valence-electron chi connectivity index (χ2n) is 4.62. The third-order valence-electron chi connectivity index (χ3n) is 2.67. The number of ketones is 1. The second-order valence-corrected chi connectivity index (χ2v) is 5.02. The number of carbonyl (C=O) groups is 1. The maximum atomic E-state index is 13.0. The summed E-state index contributed by atoms with van der Waals surface area (Å²) in [7, 11) is 0. The highest BCUT2D eigenvalue weighted by molar-refractivity contribution is 6.35. The van der Waals surface area contributed by atoms with E-state index >= 15 is 0 Å². The van der Waals surface area contributed by atoms with Gasteiger partial charge in [0.15, 0.2) is 5.78 Å². The molecule has 0 aliphatic carbocycles. The number of carbonyl (C=O) groups excluding carboxylic acids is 1. The molecule has 0 fully saturated rings. The first-order valence-corrected chi connectivity index (χ1v) is 6.62. The van der Waals surface area contributed by atoms with Gasteiger partial charge in [-0.15, -0.1) is 0 Å². The molecule has 0 heterocycles. The zero-order valence-corrected chi connectivity index (χ0v) is 11.9. The Morgan fingerprint density at radius 1 is 1.15 bits per heavy atom. The van der Waals surface area contributed by atoms with Crippen LogP contribution in [0.4, 0.5) is 4.39 Å². The van der Waals surface area contributed by atoms with Crippen molar-refractivity contribution in [3.63, 3.8) is 0 Å². The minimum absolute atomic E-state index is 0.0485. The van der Waals surface area contributed by atoms with Crippen molar-refractivity contribution in [2.75, 3.05) is 0 Å². The van der Waals surface area contributed by atoms with Gasteiger partial charge in [-0.05, 0) is 44.2 Å². The highest BCUT2D eigenvalue weighted by atomic mass is 35.5. The fourth-order valence-corrected chi connectivity index (χ4v) is 2.08. The largest absolute Gasteiger partial charge is 0.490 e. The lowest BCUT2D eigenvalue weighted by atomic mass is 10.0. The molecule has 0 saturated carbocycles. The lowest BCUT2D eigenvalue weighted by Crippen LogP contribution is -2.11. The van der Waals surface area contributed by atoms with Crippen LogP contribution in [0.3, 0.4) is 0 Å². The standard InChI is InChI=1S/C16H14ClFO2/c1-10(2)20-15-6-4-3-5-13(15)16(19)12-8-7-11(18)9-14(12)17/h3-10H,1-2H3. The summed E-state index contributed by atoms with van der Waals surface area (Å²) < 4.78 is 18.7. The minimum atomic E-state index is -0.474. The van der Waals surface area contributed by atoms with E-state index in [-0.39, 0.29) is 22.5 Å². The molecule has 0 aromatic heterocycles. The van der Waals surface area contributed by atoms with Crippen LogP contribution in [0.1, 0.15) is 29.8 Å². The number of ether oxygens (including phenoxy) is 1. The van der Waals surface area contributed by atoms with Crippen molar-refractivity contribution < 1.29 is 13.9 Å². The Labute approximate surface area is 122 Å². The molecule has 2 rings (SSSR count). The van der Waals surface area contributed by atoms with Gasteiger partial charge in [0, 0.05) is 5.56 Å². The Kier molecular flexibility index (Phi) is 4.40. The summed E-state index contributed by atoms with van der Waals surface area (Å²) >= 11 is 5.93. The number of halogens is 2. The monoisotopic (exact) mass is 292 g/mol. The molecule has 2 aromatic rings. The summed E-state index contributed by atoms with van der Waals surface area (Å²) in [6, 6.07) is 10.7. The average Bonchev–Trinajstić information content (AvgIpc) is 2.38. The third-order valence-corrected chi connectivity index (χ3v) is 2.98. The Morgan fingerprint density at radius 3 is 2.50 bits per heavy atom. The molecular formula is C16H14ClFO2. The van der Waals surface area contributed by atoms with Crippen LogP contribution in [0.15, 0.2) is 42.5 Å². The van der Waals surface area contributed by atoms with E-state index in [1.54, 1.807) is 24.3 Å². The van der Waals surface area contributed by atoms with Gasteiger partial charge in [0.1, 0.15) is 11.6 Å². The van der Waals surface area contributed by atoms with Crippen molar-refractivity contribution in [3.8, 4) is 5.75 Å². The van der Waals surface area contributed by atoms with Gasteiger partial charge in [-0.2, -0.15) is 0 Å². The zero-order chi connectivity index (χ0) is 14.7. The number of hydrogen-bond acceptors (Lipinski definition) is 2. The molecule has 104 valence electrons. The predicted octanol–water partition coefficient (Wildman–Crippen LogP) is 4.50. The van der Waals surface area contributed by atoms with Crippen molar-refractivity contribution in [1.29, 1.82) is 0 Å². The second kappa shape index (κ2) is 6.06. The van der Waals surface area contributed by atoms with Crippen LogP contribution in [0, 0.1) is 5.82 Å². The molecule has 0 unspecified atom stereocenters. The Bertz CT molecular complexity index is 638. The molecule has 0 aliphatic heterocycles. The highest BCUT2D eigenvalue weighted by Crippen LogP contribution is 2.26. The SMILES string of the molecule is CC(C)Oc1ccccc1C(=O)c1ccc(F)cc1Cl. The predicted molar refractivity (Wildman–Crippen MR) is 77.0 cm³/mol. The normalized spacial score (nSPS) is 10.7. The van der Waals surface area contributed by atoms with E-state index < -0.39 is 5.82 Å². The number of benzene rings is 2. The summed E-state index contributed by atoms with van der Waals surface area (Å²) in [5.41, 5.74) is 0.669. The molecular weight excluding hydrogens is 279 g/mol. The lowest BCUT2D eigenvalue weighted by Gasteiger charge is -2.13. The van der Waals surface area contributed by atoms with Gasteiger partial charge in [-0.1, -0.05) is 23.7 Å². The van der Waals surface area contributed by atoms with Crippen LogP contribution in [0.5, 0.6) is 5.75 Å². The van der Waals surface area contributed by atoms with E-state index in [0.29, 0.717) is 11.3 Å². The summed E-state index contributed by atoms with van der Waals surface area (Å²) in [5, 5.41) is 0.0920. The van der Waals surface area contributed by atoms with Crippen LogP contribution in [-0.2, 0) is 0 Å². The molecule has 0 saturated heterocycles. The Hall–Kier alpha value is -1.87. The van der Waals surface area contributed by atoms with E-state index in [1.165, 1.54) is 12.1 Å². The Balaban J connectivity index is 2.43. The first-order chi connectivity index (χ1) is 9.49. The molecule has 20 heavy (non-hydrogen) atoms. The fourth-order valence-electron chi connectivity index (χ4n) is 1.83. The molecule has 0 bridgehead atoms. The smallest absolute Gasteiger partial charge is 0.198 e. The van der Waals surface area contributed by atoms with Crippen LogP contribution in [-0.4, -0.2) is 11.9 Å². The Morgan fingerprint density at radius 2 is 1.85 bits per heavy atom. The lowest BCUT2D eigenvalue weighted by molar-refractivity contribution is 0.103. The molecule has 0 aliphatic rings. The van der Waals surface area contributed by atoms with E-state index in [4.69, 9.17) is 16.3 Å². The van der Waals surface area contributed by atoms with Crippen LogP contribution < -0.4 is 4.74 Å². The van der Waals surface area contributed by atoms with Crippen LogP contribution in [0.2, 0.25) is 5.02 Å². The van der Waals surface area contributed by atoms with E-state index in [1.807, 2.05) is 13.8 Å². The first-order valence-electron chi connectivity index (χ1n) is 6.24. The maximum absolute atomic E-state index is 13.0. The molecule has 2 nitrogen and oxygen atoms in total. The highest BCUT2D eigenvalue weighted by Gasteiger charge is 2.18. The number of rotatable bonds is 4. The average molecular weight is 293 g/mol. The molecule has 0 amide bonds. The van der Waals surface area contributed by atoms with Crippen LogP contribution >= 0.6 is 11.6 Å². The van der Waals surface area contributed by atoms with Gasteiger partial charge in [-0.25, -0.2) is 4.39 Å². The molecule has 0 radical (unpaired) electrons. The molecule has 0 atom stereocenters. The summed E-state index contributed by atoms with van der Waals surface area (Å²) in [4.78, 5) is 12.5. The van der Waals surface area contributed by atoms with Crippen molar-refractivity contribution in [1.82, 2.24) is 0 Å². The van der Waals surface area contributed by atoms with Gasteiger partial charge in [0.25, 0.3) is 0 Å². The number of hydrogen-bond donors (Lipinski definition) is 0. The van der Waals surface area contributed by atoms with Gasteiger partial charge < -0.3 is 4.74 Å². The van der Waals surface area contributed by atoms with Gasteiger partial charge in [0.05, 0.1) is 16.7 Å². The van der Waals surface area contributed by atoms with Crippen molar-refractivity contribution in [2.45, 2.75) is 20.0 Å². The van der Waals surface area contributed by atoms with Gasteiger partial charge in [0.2, 0.25) is 0 Å². The minimum Gasteiger partial charge on any atom is -0.490 e. The van der Waals surface area contributed by atoms with E-state index in [2.05, 4.69) is 0 Å². The van der Waals surface area contributed by atoms with Crippen molar-refractivity contribution in [3.05, 3.63) is 64.4 Å². The van der Waals surface area contributed by atoms with Gasteiger partial charge >= 0.3 is 0 Å². The fraction of sp³-hybridized carbons (Fsp3) is 0.188. The topological polar surface area (TPSA) is 26.3 Å². The summed E-state index contributed by atoms with van der Waals surface area (Å²) in [5.74, 6) is -0.266. The summed E-state index contributed by atoms with van der Waals surface area (Å²) in [6.07, 6.45) is -0.0485. The van der Waals surface area contributed by atoms with Gasteiger partial charge in [-0.3, -0.25) is 4.79 Å². The maximum Gasteiger partial charge on any atom is 0.198 e. The van der Waals surface area contributed by atoms with E-state index in [9.17, 15) is 9.18 Å². The quantitative estimate of drug-likeness (QED) is 0.776.